The van der Waals surface area contributed by atoms with E-state index in [2.05, 4.69) is 6.92 Å². The van der Waals surface area contributed by atoms with Crippen LogP contribution in [-0.4, -0.2) is 10.7 Å². The molecule has 3 nitrogen and oxygen atoms in total. The van der Waals surface area contributed by atoms with Crippen LogP contribution in [0.4, 0.5) is 0 Å². The van der Waals surface area contributed by atoms with Gasteiger partial charge >= 0.3 is 0 Å². The third kappa shape index (κ3) is 1.38. The van der Waals surface area contributed by atoms with Gasteiger partial charge in [-0.05, 0) is 31.0 Å². The van der Waals surface area contributed by atoms with E-state index >= 15 is 0 Å². The van der Waals surface area contributed by atoms with Gasteiger partial charge in [-0.1, -0.05) is 19.1 Å². The summed E-state index contributed by atoms with van der Waals surface area (Å²) in [6.45, 7) is 4.06. The smallest absolute Gasteiger partial charge is 0.150 e. The van der Waals surface area contributed by atoms with Crippen LogP contribution >= 0.6 is 0 Å². The number of phenolic OH excluding ortho intramolecular Hbond substituents is 1. The molecule has 1 heterocycles. The fourth-order valence-electron chi connectivity index (χ4n) is 1.60. The molecule has 3 heteroatoms. The molecule has 0 aliphatic carbocycles. The molecule has 0 spiro atoms. The maximum Gasteiger partial charge on any atom is 0.150 e. The van der Waals surface area contributed by atoms with Crippen LogP contribution in [0.5, 0.6) is 5.75 Å². The van der Waals surface area contributed by atoms with Crippen molar-refractivity contribution in [2.24, 2.45) is 0 Å². The molecular weight excluding hydrogens is 180 g/mol. The van der Waals surface area contributed by atoms with E-state index in [1.54, 1.807) is 12.1 Å². The summed E-state index contributed by atoms with van der Waals surface area (Å²) in [5.41, 5.74) is 0.703. The lowest BCUT2D eigenvalue weighted by Crippen LogP contribution is -2.46. The highest BCUT2D eigenvalue weighted by atomic mass is 17.3. The molecule has 1 N–H and O–H groups in total. The Morgan fingerprint density at radius 3 is 2.79 bits per heavy atom. The van der Waals surface area contributed by atoms with Crippen LogP contribution in [0, 0.1) is 0 Å². The first-order valence-corrected chi connectivity index (χ1v) is 4.79. The first-order chi connectivity index (χ1) is 6.65. The van der Waals surface area contributed by atoms with Crippen LogP contribution in [0.1, 0.15) is 31.9 Å². The van der Waals surface area contributed by atoms with Crippen molar-refractivity contribution in [3.63, 3.8) is 0 Å². The molecule has 1 saturated heterocycles. The second-order valence-electron chi connectivity index (χ2n) is 3.82. The summed E-state index contributed by atoms with van der Waals surface area (Å²) in [6.07, 6.45) is 0.812. The summed E-state index contributed by atoms with van der Waals surface area (Å²) in [5.74, 6) is 0.261. The molecule has 0 aromatic heterocycles. The Hall–Kier alpha value is -1.06. The minimum atomic E-state index is -0.256. The molecule has 1 fully saturated rings. The molecule has 2 atom stereocenters. The van der Waals surface area contributed by atoms with Gasteiger partial charge in [0.05, 0.1) is 0 Å². The average molecular weight is 194 g/mol. The zero-order valence-electron chi connectivity index (χ0n) is 8.36. The van der Waals surface area contributed by atoms with E-state index in [4.69, 9.17) is 9.78 Å². The van der Waals surface area contributed by atoms with E-state index in [-0.39, 0.29) is 17.5 Å². The minimum Gasteiger partial charge on any atom is -0.508 e. The number of benzene rings is 1. The van der Waals surface area contributed by atoms with Gasteiger partial charge in [-0.2, -0.15) is 0 Å². The van der Waals surface area contributed by atoms with Gasteiger partial charge in [0, 0.05) is 0 Å². The first kappa shape index (κ1) is 9.49. The molecule has 1 aliphatic heterocycles. The zero-order valence-corrected chi connectivity index (χ0v) is 8.36. The number of hydrogen-bond acceptors (Lipinski definition) is 3. The molecule has 2 unspecified atom stereocenters. The third-order valence-electron chi connectivity index (χ3n) is 2.76. The molecule has 0 bridgehead atoms. The van der Waals surface area contributed by atoms with Crippen molar-refractivity contribution in [2.75, 3.05) is 0 Å². The molecule has 0 radical (unpaired) electrons. The van der Waals surface area contributed by atoms with Crippen LogP contribution in [-0.2, 0) is 9.78 Å². The highest BCUT2D eigenvalue weighted by Crippen LogP contribution is 2.44. The quantitative estimate of drug-likeness (QED) is 0.735. The zero-order chi connectivity index (χ0) is 10.2. The van der Waals surface area contributed by atoms with E-state index in [1.165, 1.54) is 0 Å². The molecule has 1 aromatic carbocycles. The maximum absolute atomic E-state index is 9.33. The van der Waals surface area contributed by atoms with E-state index in [1.807, 2.05) is 19.1 Å². The van der Waals surface area contributed by atoms with Crippen molar-refractivity contribution in [3.05, 3.63) is 29.8 Å². The van der Waals surface area contributed by atoms with Crippen molar-refractivity contribution in [1.29, 1.82) is 0 Å². The van der Waals surface area contributed by atoms with Crippen LogP contribution in [0.15, 0.2) is 24.3 Å². The monoisotopic (exact) mass is 194 g/mol. The number of phenols is 1. The predicted molar refractivity (Wildman–Crippen MR) is 51.7 cm³/mol. The molecule has 14 heavy (non-hydrogen) atoms. The Balaban J connectivity index is 2.24. The SMILES string of the molecule is CCC1(C)OOC1c1cccc(O)c1. The Bertz CT molecular complexity index is 333. The summed E-state index contributed by atoms with van der Waals surface area (Å²) in [6, 6.07) is 7.09. The summed E-state index contributed by atoms with van der Waals surface area (Å²) < 4.78 is 0. The van der Waals surface area contributed by atoms with Crippen molar-refractivity contribution in [2.45, 2.75) is 32.0 Å². The number of hydrogen-bond donors (Lipinski definition) is 1. The fraction of sp³-hybridized carbons (Fsp3) is 0.455. The van der Waals surface area contributed by atoms with Gasteiger partial charge in [0.1, 0.15) is 17.5 Å². The van der Waals surface area contributed by atoms with Crippen molar-refractivity contribution < 1.29 is 14.9 Å². The van der Waals surface area contributed by atoms with Gasteiger partial charge < -0.3 is 5.11 Å². The highest BCUT2D eigenvalue weighted by molar-refractivity contribution is 5.30. The van der Waals surface area contributed by atoms with Crippen molar-refractivity contribution >= 4 is 0 Å². The third-order valence-corrected chi connectivity index (χ3v) is 2.76. The van der Waals surface area contributed by atoms with E-state index < -0.39 is 0 Å². The summed E-state index contributed by atoms with van der Waals surface area (Å²) >= 11 is 0. The molecule has 2 rings (SSSR count). The predicted octanol–water partition coefficient (Wildman–Crippen LogP) is 2.56. The van der Waals surface area contributed by atoms with Crippen LogP contribution < -0.4 is 0 Å². The lowest BCUT2D eigenvalue weighted by atomic mass is 9.89. The van der Waals surface area contributed by atoms with Crippen molar-refractivity contribution in [3.8, 4) is 5.75 Å². The maximum atomic E-state index is 9.33. The van der Waals surface area contributed by atoms with Gasteiger partial charge in [-0.15, -0.1) is 0 Å². The van der Waals surface area contributed by atoms with E-state index in [0.717, 1.165) is 12.0 Å². The summed E-state index contributed by atoms with van der Waals surface area (Å²) in [7, 11) is 0. The van der Waals surface area contributed by atoms with Crippen LogP contribution in [0.2, 0.25) is 0 Å². The van der Waals surface area contributed by atoms with Gasteiger partial charge in [-0.3, -0.25) is 0 Å². The lowest BCUT2D eigenvalue weighted by molar-refractivity contribution is -0.511. The summed E-state index contributed by atoms with van der Waals surface area (Å²) in [4.78, 5) is 10.2. The lowest BCUT2D eigenvalue weighted by Gasteiger charge is -2.44. The van der Waals surface area contributed by atoms with Gasteiger partial charge in [0.25, 0.3) is 0 Å². The molecule has 1 aromatic rings. The fourth-order valence-corrected chi connectivity index (χ4v) is 1.60. The Labute approximate surface area is 83.2 Å². The summed E-state index contributed by atoms with van der Waals surface area (Å²) in [5, 5.41) is 9.33. The van der Waals surface area contributed by atoms with Gasteiger partial charge in [-0.25, -0.2) is 9.78 Å². The molecule has 0 amide bonds. The molecule has 1 aliphatic rings. The highest BCUT2D eigenvalue weighted by Gasteiger charge is 2.46. The number of rotatable bonds is 2. The second-order valence-corrected chi connectivity index (χ2v) is 3.82. The Morgan fingerprint density at radius 1 is 1.50 bits per heavy atom. The topological polar surface area (TPSA) is 38.7 Å². The van der Waals surface area contributed by atoms with E-state index in [9.17, 15) is 5.11 Å². The van der Waals surface area contributed by atoms with Gasteiger partial charge in [0.2, 0.25) is 0 Å². The second kappa shape index (κ2) is 3.26. The standard InChI is InChI=1S/C11H14O3/c1-3-11(2)10(13-14-11)8-5-4-6-9(12)7-8/h4-7,10,12H,3H2,1-2H3. The normalized spacial score (nSPS) is 31.1. The molecule has 76 valence electrons. The van der Waals surface area contributed by atoms with Crippen molar-refractivity contribution in [1.82, 2.24) is 0 Å². The minimum absolute atomic E-state index is 0.0698. The average Bonchev–Trinajstić information content (AvgIpc) is 2.15. The van der Waals surface area contributed by atoms with Crippen LogP contribution in [0.25, 0.3) is 0 Å². The number of aromatic hydroxyl groups is 1. The Morgan fingerprint density at radius 2 is 2.29 bits per heavy atom. The Kier molecular flexibility index (Phi) is 2.21. The first-order valence-electron chi connectivity index (χ1n) is 4.79. The molecule has 0 saturated carbocycles. The van der Waals surface area contributed by atoms with Gasteiger partial charge in [0.15, 0.2) is 0 Å². The molecular formula is C11H14O3. The van der Waals surface area contributed by atoms with Crippen LogP contribution in [0.3, 0.4) is 0 Å². The largest absolute Gasteiger partial charge is 0.508 e. The van der Waals surface area contributed by atoms with E-state index in [0.29, 0.717) is 0 Å².